The van der Waals surface area contributed by atoms with E-state index in [1.807, 2.05) is 19.9 Å². The Bertz CT molecular complexity index is 1080. The van der Waals surface area contributed by atoms with E-state index in [2.05, 4.69) is 37.1 Å². The number of pyridine rings is 1. The maximum absolute atomic E-state index is 12.7. The SMILES string of the molecule is C=CC(=O)Nc1cnc(-c2cncc(C(C)(C)CNc3ncc(C(F)(F)F)s3)c2)cn1. The Balaban J connectivity index is 1.73. The van der Waals surface area contributed by atoms with Crippen LogP contribution >= 0.6 is 11.3 Å². The van der Waals surface area contributed by atoms with Gasteiger partial charge in [0, 0.05) is 29.9 Å². The van der Waals surface area contributed by atoms with E-state index in [1.54, 1.807) is 12.4 Å². The van der Waals surface area contributed by atoms with E-state index in [9.17, 15) is 18.0 Å². The molecular formula is C20H19F3N6OS. The highest BCUT2D eigenvalue weighted by molar-refractivity contribution is 7.15. The van der Waals surface area contributed by atoms with Gasteiger partial charge in [-0.1, -0.05) is 31.8 Å². The van der Waals surface area contributed by atoms with E-state index in [0.29, 0.717) is 35.0 Å². The van der Waals surface area contributed by atoms with Crippen molar-refractivity contribution in [2.24, 2.45) is 0 Å². The monoisotopic (exact) mass is 448 g/mol. The van der Waals surface area contributed by atoms with Crippen LogP contribution in [0.3, 0.4) is 0 Å². The Morgan fingerprint density at radius 3 is 2.52 bits per heavy atom. The number of thiazole rings is 1. The van der Waals surface area contributed by atoms with Gasteiger partial charge in [0.15, 0.2) is 10.9 Å². The summed E-state index contributed by atoms with van der Waals surface area (Å²) in [6.45, 7) is 7.61. The van der Waals surface area contributed by atoms with E-state index in [-0.39, 0.29) is 11.0 Å². The fourth-order valence-corrected chi connectivity index (χ4v) is 3.23. The second-order valence-electron chi connectivity index (χ2n) is 7.21. The number of aromatic nitrogens is 4. The van der Waals surface area contributed by atoms with E-state index in [1.165, 1.54) is 12.4 Å². The molecule has 3 rings (SSSR count). The summed E-state index contributed by atoms with van der Waals surface area (Å²) in [4.78, 5) is 27.1. The molecule has 3 aromatic rings. The number of amides is 1. The Morgan fingerprint density at radius 1 is 1.13 bits per heavy atom. The van der Waals surface area contributed by atoms with Crippen molar-refractivity contribution < 1.29 is 18.0 Å². The van der Waals surface area contributed by atoms with Gasteiger partial charge in [0.2, 0.25) is 5.91 Å². The van der Waals surface area contributed by atoms with Crippen LogP contribution in [0.1, 0.15) is 24.3 Å². The number of carbonyl (C=O) groups excluding carboxylic acids is 1. The molecule has 0 aliphatic heterocycles. The molecule has 162 valence electrons. The third-order valence-corrected chi connectivity index (χ3v) is 5.37. The van der Waals surface area contributed by atoms with Crippen molar-refractivity contribution in [1.29, 1.82) is 0 Å². The van der Waals surface area contributed by atoms with Crippen LogP contribution in [0.4, 0.5) is 24.1 Å². The van der Waals surface area contributed by atoms with Crippen LogP contribution in [0, 0.1) is 0 Å². The van der Waals surface area contributed by atoms with Crippen molar-refractivity contribution in [3.63, 3.8) is 0 Å². The molecule has 0 bridgehead atoms. The minimum atomic E-state index is -4.41. The molecule has 3 aromatic heterocycles. The average molecular weight is 448 g/mol. The Hall–Kier alpha value is -3.34. The van der Waals surface area contributed by atoms with Crippen molar-refractivity contribution >= 4 is 28.2 Å². The molecule has 1 amide bonds. The van der Waals surface area contributed by atoms with Gasteiger partial charge in [-0.2, -0.15) is 13.2 Å². The Morgan fingerprint density at radius 2 is 1.90 bits per heavy atom. The molecule has 2 N–H and O–H groups in total. The van der Waals surface area contributed by atoms with E-state index >= 15 is 0 Å². The van der Waals surface area contributed by atoms with Gasteiger partial charge in [0.1, 0.15) is 4.88 Å². The summed E-state index contributed by atoms with van der Waals surface area (Å²) in [6.07, 6.45) is 3.82. The lowest BCUT2D eigenvalue weighted by Gasteiger charge is -2.25. The van der Waals surface area contributed by atoms with Crippen molar-refractivity contribution in [1.82, 2.24) is 19.9 Å². The molecule has 3 heterocycles. The minimum Gasteiger partial charge on any atom is -0.361 e. The highest BCUT2D eigenvalue weighted by Crippen LogP contribution is 2.35. The highest BCUT2D eigenvalue weighted by Gasteiger charge is 2.33. The third-order valence-electron chi connectivity index (χ3n) is 4.37. The second kappa shape index (κ2) is 8.80. The second-order valence-corrected chi connectivity index (χ2v) is 8.24. The lowest BCUT2D eigenvalue weighted by atomic mass is 9.85. The van der Waals surface area contributed by atoms with Crippen LogP contribution in [0.5, 0.6) is 0 Å². The maximum atomic E-state index is 12.7. The third kappa shape index (κ3) is 5.63. The first-order valence-corrected chi connectivity index (χ1v) is 9.88. The predicted octanol–water partition coefficient (Wildman–Crippen LogP) is 4.53. The largest absolute Gasteiger partial charge is 0.427 e. The van der Waals surface area contributed by atoms with Gasteiger partial charge in [-0.25, -0.2) is 9.97 Å². The summed E-state index contributed by atoms with van der Waals surface area (Å²) in [5, 5.41) is 5.69. The van der Waals surface area contributed by atoms with Crippen LogP contribution < -0.4 is 10.6 Å². The molecule has 0 aliphatic carbocycles. The zero-order chi connectivity index (χ0) is 22.6. The normalized spacial score (nSPS) is 11.8. The number of rotatable bonds is 7. The van der Waals surface area contributed by atoms with Crippen LogP contribution in [0.2, 0.25) is 0 Å². The molecule has 0 unspecified atom stereocenters. The average Bonchev–Trinajstić information content (AvgIpc) is 3.23. The first-order valence-electron chi connectivity index (χ1n) is 9.07. The zero-order valence-corrected chi connectivity index (χ0v) is 17.5. The number of halogens is 3. The zero-order valence-electron chi connectivity index (χ0n) is 16.7. The Kier molecular flexibility index (Phi) is 6.34. The molecule has 7 nitrogen and oxygen atoms in total. The molecule has 0 aliphatic rings. The van der Waals surface area contributed by atoms with Gasteiger partial charge in [-0.05, 0) is 17.7 Å². The molecule has 0 fully saturated rings. The smallest absolute Gasteiger partial charge is 0.361 e. The molecule has 0 radical (unpaired) electrons. The molecule has 31 heavy (non-hydrogen) atoms. The van der Waals surface area contributed by atoms with Gasteiger partial charge < -0.3 is 10.6 Å². The first kappa shape index (κ1) is 22.3. The van der Waals surface area contributed by atoms with Crippen molar-refractivity contribution in [2.45, 2.75) is 25.4 Å². The van der Waals surface area contributed by atoms with Crippen LogP contribution in [0.25, 0.3) is 11.3 Å². The maximum Gasteiger partial charge on any atom is 0.427 e. The summed E-state index contributed by atoms with van der Waals surface area (Å²) in [7, 11) is 0. The fraction of sp³-hybridized carbons (Fsp3) is 0.250. The van der Waals surface area contributed by atoms with Crippen molar-refractivity contribution in [3.8, 4) is 11.3 Å². The van der Waals surface area contributed by atoms with E-state index < -0.39 is 16.5 Å². The summed E-state index contributed by atoms with van der Waals surface area (Å²) in [5.74, 6) is -0.0912. The Labute approximate surface area is 180 Å². The predicted molar refractivity (Wildman–Crippen MR) is 113 cm³/mol. The van der Waals surface area contributed by atoms with Crippen molar-refractivity contribution in [2.75, 3.05) is 17.2 Å². The molecule has 0 saturated carbocycles. The quantitative estimate of drug-likeness (QED) is 0.516. The highest BCUT2D eigenvalue weighted by atomic mass is 32.1. The van der Waals surface area contributed by atoms with Crippen LogP contribution in [-0.4, -0.2) is 32.4 Å². The topological polar surface area (TPSA) is 92.7 Å². The van der Waals surface area contributed by atoms with Gasteiger partial charge in [-0.3, -0.25) is 14.8 Å². The number of hydrogen-bond acceptors (Lipinski definition) is 7. The van der Waals surface area contributed by atoms with Gasteiger partial charge >= 0.3 is 6.18 Å². The lowest BCUT2D eigenvalue weighted by Crippen LogP contribution is -2.27. The number of carbonyl (C=O) groups is 1. The van der Waals surface area contributed by atoms with Crippen molar-refractivity contribution in [3.05, 3.63) is 60.1 Å². The molecule has 0 spiro atoms. The summed E-state index contributed by atoms with van der Waals surface area (Å²) < 4.78 is 38.2. The molecule has 11 heteroatoms. The van der Waals surface area contributed by atoms with E-state index in [0.717, 1.165) is 17.8 Å². The first-order chi connectivity index (χ1) is 14.6. The van der Waals surface area contributed by atoms with Gasteiger partial charge in [-0.15, -0.1) is 0 Å². The lowest BCUT2D eigenvalue weighted by molar-refractivity contribution is -0.134. The number of hydrogen-bond donors (Lipinski definition) is 2. The number of nitrogens with zero attached hydrogens (tertiary/aromatic N) is 4. The number of anilines is 2. The minimum absolute atomic E-state index is 0.201. The molecular weight excluding hydrogens is 429 g/mol. The van der Waals surface area contributed by atoms with E-state index in [4.69, 9.17) is 0 Å². The molecule has 0 atom stereocenters. The van der Waals surface area contributed by atoms with Gasteiger partial charge in [0.05, 0.1) is 24.3 Å². The molecule has 0 saturated heterocycles. The van der Waals surface area contributed by atoms with Gasteiger partial charge in [0.25, 0.3) is 0 Å². The standard InChI is InChI=1S/C20H19F3N6OS/c1-4-17(30)29-16-10-25-14(8-26-16)12-5-13(7-24-6-12)19(2,3)11-28-18-27-9-15(31-18)20(21,22)23/h4-10H,1,11H2,2-3H3,(H,27,28)(H,26,29,30). The number of nitrogens with one attached hydrogen (secondary N) is 2. The summed E-state index contributed by atoms with van der Waals surface area (Å²) in [6, 6.07) is 1.89. The van der Waals surface area contributed by atoms with Crippen LogP contribution in [-0.2, 0) is 16.4 Å². The summed E-state index contributed by atoms with van der Waals surface area (Å²) in [5.41, 5.74) is 1.67. The molecule has 0 aromatic carbocycles. The van der Waals surface area contributed by atoms with Crippen LogP contribution in [0.15, 0.2) is 49.7 Å². The summed E-state index contributed by atoms with van der Waals surface area (Å²) >= 11 is 0.566. The number of alkyl halides is 3. The fourth-order valence-electron chi connectivity index (χ4n) is 2.55.